The van der Waals surface area contributed by atoms with Gasteiger partial charge >= 0.3 is 0 Å². The number of rotatable bonds is 3. The van der Waals surface area contributed by atoms with Crippen molar-refractivity contribution >= 4 is 15.9 Å². The number of aliphatic hydroxyl groups is 1. The van der Waals surface area contributed by atoms with Crippen LogP contribution in [0.4, 0.5) is 0 Å². The first-order valence-electron chi connectivity index (χ1n) is 6.97. The molecule has 0 fully saturated rings. The van der Waals surface area contributed by atoms with Gasteiger partial charge in [0.05, 0.1) is 13.7 Å². The molecule has 21 heavy (non-hydrogen) atoms. The molecule has 3 rings (SSSR count). The Labute approximate surface area is 132 Å². The van der Waals surface area contributed by atoms with Gasteiger partial charge in [0.15, 0.2) is 0 Å². The molecule has 1 aliphatic heterocycles. The molecule has 3 nitrogen and oxygen atoms in total. The van der Waals surface area contributed by atoms with Gasteiger partial charge in [-0.1, -0.05) is 40.2 Å². The topological polar surface area (TPSA) is 38.7 Å². The summed E-state index contributed by atoms with van der Waals surface area (Å²) in [5.74, 6) is 1.48. The molecule has 0 spiro atoms. The van der Waals surface area contributed by atoms with Crippen molar-refractivity contribution < 1.29 is 14.6 Å². The SMILES string of the molecule is COc1cc(Br)ccc1C(O)c1cccc2c1OCCC2. The summed E-state index contributed by atoms with van der Waals surface area (Å²) in [6.07, 6.45) is 1.25. The van der Waals surface area contributed by atoms with E-state index in [0.29, 0.717) is 12.4 Å². The third-order valence-corrected chi connectivity index (χ3v) is 4.24. The van der Waals surface area contributed by atoms with Crippen LogP contribution in [0.2, 0.25) is 0 Å². The van der Waals surface area contributed by atoms with E-state index in [9.17, 15) is 5.11 Å². The lowest BCUT2D eigenvalue weighted by atomic mass is 9.95. The summed E-state index contributed by atoms with van der Waals surface area (Å²) in [5, 5.41) is 10.8. The summed E-state index contributed by atoms with van der Waals surface area (Å²) in [7, 11) is 1.61. The Hall–Kier alpha value is -1.52. The summed E-state index contributed by atoms with van der Waals surface area (Å²) >= 11 is 3.42. The van der Waals surface area contributed by atoms with Gasteiger partial charge in [0.1, 0.15) is 17.6 Å². The largest absolute Gasteiger partial charge is 0.496 e. The second kappa shape index (κ2) is 6.08. The second-order valence-corrected chi connectivity index (χ2v) is 5.99. The lowest BCUT2D eigenvalue weighted by molar-refractivity contribution is 0.202. The highest BCUT2D eigenvalue weighted by molar-refractivity contribution is 9.10. The maximum absolute atomic E-state index is 10.8. The summed E-state index contributed by atoms with van der Waals surface area (Å²) in [5.41, 5.74) is 2.70. The Kier molecular flexibility index (Phi) is 4.17. The molecule has 0 aromatic heterocycles. The molecule has 1 N–H and O–H groups in total. The molecule has 1 heterocycles. The second-order valence-electron chi connectivity index (χ2n) is 5.08. The molecule has 0 amide bonds. The van der Waals surface area contributed by atoms with E-state index in [1.54, 1.807) is 7.11 Å². The van der Waals surface area contributed by atoms with E-state index in [4.69, 9.17) is 9.47 Å². The van der Waals surface area contributed by atoms with Crippen LogP contribution in [0.1, 0.15) is 29.2 Å². The molecular formula is C17H17BrO3. The van der Waals surface area contributed by atoms with Gasteiger partial charge in [-0.05, 0) is 30.5 Å². The van der Waals surface area contributed by atoms with Crippen LogP contribution in [-0.2, 0) is 6.42 Å². The first kappa shape index (κ1) is 14.4. The average molecular weight is 349 g/mol. The third kappa shape index (κ3) is 2.78. The van der Waals surface area contributed by atoms with Crippen molar-refractivity contribution in [3.63, 3.8) is 0 Å². The number of para-hydroxylation sites is 1. The zero-order valence-electron chi connectivity index (χ0n) is 11.8. The average Bonchev–Trinajstić information content (AvgIpc) is 2.53. The van der Waals surface area contributed by atoms with E-state index in [0.717, 1.165) is 39.8 Å². The lowest BCUT2D eigenvalue weighted by Gasteiger charge is -2.23. The van der Waals surface area contributed by atoms with Crippen LogP contribution in [0, 0.1) is 0 Å². The molecular weight excluding hydrogens is 332 g/mol. The number of ether oxygens (including phenoxy) is 2. The maximum atomic E-state index is 10.8. The molecule has 2 aromatic rings. The van der Waals surface area contributed by atoms with Gasteiger partial charge < -0.3 is 14.6 Å². The monoisotopic (exact) mass is 348 g/mol. The highest BCUT2D eigenvalue weighted by Gasteiger charge is 2.23. The summed E-state index contributed by atoms with van der Waals surface area (Å²) < 4.78 is 12.1. The van der Waals surface area contributed by atoms with E-state index in [1.165, 1.54) is 0 Å². The minimum Gasteiger partial charge on any atom is -0.496 e. The van der Waals surface area contributed by atoms with Gasteiger partial charge in [-0.3, -0.25) is 0 Å². The Bertz CT molecular complexity index is 654. The summed E-state index contributed by atoms with van der Waals surface area (Å²) in [6.45, 7) is 0.703. The number of hydrogen-bond donors (Lipinski definition) is 1. The maximum Gasteiger partial charge on any atom is 0.128 e. The number of fused-ring (bicyclic) bond motifs is 1. The number of hydrogen-bond acceptors (Lipinski definition) is 3. The predicted octanol–water partition coefficient (Wildman–Crippen LogP) is 3.86. The van der Waals surface area contributed by atoms with E-state index in [-0.39, 0.29) is 0 Å². The smallest absolute Gasteiger partial charge is 0.128 e. The van der Waals surface area contributed by atoms with Crippen molar-refractivity contribution in [1.82, 2.24) is 0 Å². The fraction of sp³-hybridized carbons (Fsp3) is 0.294. The fourth-order valence-corrected chi connectivity index (χ4v) is 3.05. The number of benzene rings is 2. The molecule has 0 bridgehead atoms. The number of aliphatic hydroxyl groups excluding tert-OH is 1. The first-order chi connectivity index (χ1) is 10.2. The minimum atomic E-state index is -0.763. The zero-order valence-corrected chi connectivity index (χ0v) is 13.4. The van der Waals surface area contributed by atoms with Gasteiger partial charge in [-0.2, -0.15) is 0 Å². The number of methoxy groups -OCH3 is 1. The van der Waals surface area contributed by atoms with Crippen LogP contribution >= 0.6 is 15.9 Å². The van der Waals surface area contributed by atoms with Crippen LogP contribution < -0.4 is 9.47 Å². The molecule has 1 atom stereocenters. The highest BCUT2D eigenvalue weighted by Crippen LogP contribution is 2.39. The van der Waals surface area contributed by atoms with Crippen molar-refractivity contribution in [2.24, 2.45) is 0 Å². The normalized spacial score (nSPS) is 15.0. The molecule has 1 unspecified atom stereocenters. The predicted molar refractivity (Wildman–Crippen MR) is 85.0 cm³/mol. The van der Waals surface area contributed by atoms with Gasteiger partial charge in [0.2, 0.25) is 0 Å². The highest BCUT2D eigenvalue weighted by atomic mass is 79.9. The van der Waals surface area contributed by atoms with E-state index in [1.807, 2.05) is 30.3 Å². The summed E-state index contributed by atoms with van der Waals surface area (Å²) in [4.78, 5) is 0. The Morgan fingerprint density at radius 3 is 2.90 bits per heavy atom. The van der Waals surface area contributed by atoms with Crippen molar-refractivity contribution in [3.05, 3.63) is 57.6 Å². The third-order valence-electron chi connectivity index (χ3n) is 3.75. The van der Waals surface area contributed by atoms with Crippen molar-refractivity contribution in [2.45, 2.75) is 18.9 Å². The Balaban J connectivity index is 2.05. The molecule has 0 aliphatic carbocycles. The van der Waals surface area contributed by atoms with Gasteiger partial charge in [-0.25, -0.2) is 0 Å². The molecule has 0 saturated heterocycles. The summed E-state index contributed by atoms with van der Waals surface area (Å²) in [6, 6.07) is 11.6. The Morgan fingerprint density at radius 2 is 2.10 bits per heavy atom. The van der Waals surface area contributed by atoms with Crippen LogP contribution in [0.3, 0.4) is 0 Å². The molecule has 110 valence electrons. The van der Waals surface area contributed by atoms with Crippen LogP contribution in [-0.4, -0.2) is 18.8 Å². The van der Waals surface area contributed by atoms with E-state index < -0.39 is 6.10 Å². The van der Waals surface area contributed by atoms with Crippen molar-refractivity contribution in [3.8, 4) is 11.5 Å². The van der Waals surface area contributed by atoms with Crippen LogP contribution in [0.15, 0.2) is 40.9 Å². The van der Waals surface area contributed by atoms with E-state index in [2.05, 4.69) is 22.0 Å². The molecule has 0 saturated carbocycles. The number of halogens is 1. The fourth-order valence-electron chi connectivity index (χ4n) is 2.71. The molecule has 1 aliphatic rings. The van der Waals surface area contributed by atoms with Gasteiger partial charge in [0, 0.05) is 15.6 Å². The van der Waals surface area contributed by atoms with E-state index >= 15 is 0 Å². The van der Waals surface area contributed by atoms with Crippen molar-refractivity contribution in [2.75, 3.05) is 13.7 Å². The van der Waals surface area contributed by atoms with Crippen molar-refractivity contribution in [1.29, 1.82) is 0 Å². The Morgan fingerprint density at radius 1 is 1.24 bits per heavy atom. The van der Waals surface area contributed by atoms with Crippen LogP contribution in [0.5, 0.6) is 11.5 Å². The minimum absolute atomic E-state index is 0.658. The quantitative estimate of drug-likeness (QED) is 0.915. The molecule has 0 radical (unpaired) electrons. The van der Waals surface area contributed by atoms with Crippen LogP contribution in [0.25, 0.3) is 0 Å². The first-order valence-corrected chi connectivity index (χ1v) is 7.76. The molecule has 4 heteroatoms. The number of aryl methyl sites for hydroxylation is 1. The molecule has 2 aromatic carbocycles. The standard InChI is InChI=1S/C17H17BrO3/c1-20-15-10-12(18)7-8-13(15)16(19)14-6-2-4-11-5-3-9-21-17(11)14/h2,4,6-8,10,16,19H,3,5,9H2,1H3. The van der Waals surface area contributed by atoms with Gasteiger partial charge in [0.25, 0.3) is 0 Å². The lowest BCUT2D eigenvalue weighted by Crippen LogP contribution is -2.13. The van der Waals surface area contributed by atoms with Gasteiger partial charge in [-0.15, -0.1) is 0 Å². The zero-order chi connectivity index (χ0) is 14.8.